The third-order valence-corrected chi connectivity index (χ3v) is 5.31. The molecule has 0 amide bonds. The van der Waals surface area contributed by atoms with Crippen LogP contribution in [0.1, 0.15) is 12.0 Å². The molecule has 138 valence electrons. The maximum atomic E-state index is 10.7. The van der Waals surface area contributed by atoms with E-state index in [2.05, 4.69) is 9.80 Å². The van der Waals surface area contributed by atoms with E-state index in [1.54, 1.807) is 7.11 Å². The van der Waals surface area contributed by atoms with Crippen molar-refractivity contribution in [1.82, 2.24) is 9.80 Å². The Morgan fingerprint density at radius 3 is 2.64 bits per heavy atom. The van der Waals surface area contributed by atoms with E-state index in [0.717, 1.165) is 68.6 Å². The zero-order valence-corrected chi connectivity index (χ0v) is 14.6. The van der Waals surface area contributed by atoms with E-state index in [9.17, 15) is 5.11 Å². The number of β-amino-alcohol motifs (C(OH)–C–C–N with tert-alkyl or cyclic N) is 1. The minimum Gasteiger partial charge on any atom is -0.496 e. The number of hydrogen-bond acceptors (Lipinski definition) is 7. The number of likely N-dealkylation sites (tertiary alicyclic amines) is 1. The molecule has 2 saturated heterocycles. The summed E-state index contributed by atoms with van der Waals surface area (Å²) in [6.45, 7) is 5.96. The molecule has 3 heterocycles. The molecule has 0 aromatic heterocycles. The highest BCUT2D eigenvalue weighted by Gasteiger charge is 2.33. The summed E-state index contributed by atoms with van der Waals surface area (Å²) in [5.74, 6) is 2.29. The summed E-state index contributed by atoms with van der Waals surface area (Å²) < 4.78 is 21.8. The smallest absolute Gasteiger partial charge is 0.231 e. The molecule has 0 spiro atoms. The summed E-state index contributed by atoms with van der Waals surface area (Å²) in [6, 6.07) is 4.11. The SMILES string of the molecule is COc1cc2c(cc1CN1CC[C@@H](N3CCOCC3)[C@H](O)C1)OCO2. The Hall–Kier alpha value is -1.54. The lowest BCUT2D eigenvalue weighted by atomic mass is 9.99. The van der Waals surface area contributed by atoms with E-state index in [0.29, 0.717) is 6.54 Å². The molecule has 1 N–H and O–H groups in total. The normalized spacial score (nSPS) is 27.4. The molecule has 2 fully saturated rings. The molecule has 0 saturated carbocycles. The Labute approximate surface area is 148 Å². The summed E-state index contributed by atoms with van der Waals surface area (Å²) in [5.41, 5.74) is 1.06. The fourth-order valence-corrected chi connectivity index (χ4v) is 3.98. The molecular formula is C18H26N2O5. The minimum absolute atomic E-state index is 0.235. The first-order chi connectivity index (χ1) is 12.2. The van der Waals surface area contributed by atoms with Gasteiger partial charge in [0.2, 0.25) is 6.79 Å². The average Bonchev–Trinajstić information content (AvgIpc) is 3.09. The molecule has 0 aliphatic carbocycles. The van der Waals surface area contributed by atoms with Crippen molar-refractivity contribution in [1.29, 1.82) is 0 Å². The number of hydrogen-bond donors (Lipinski definition) is 1. The number of benzene rings is 1. The van der Waals surface area contributed by atoms with Crippen LogP contribution in [0.25, 0.3) is 0 Å². The Balaban J connectivity index is 1.41. The second-order valence-corrected chi connectivity index (χ2v) is 6.82. The Morgan fingerprint density at radius 2 is 1.92 bits per heavy atom. The summed E-state index contributed by atoms with van der Waals surface area (Å²) in [5, 5.41) is 10.7. The van der Waals surface area contributed by atoms with Crippen molar-refractivity contribution in [3.63, 3.8) is 0 Å². The van der Waals surface area contributed by atoms with Crippen LogP contribution < -0.4 is 14.2 Å². The summed E-state index contributed by atoms with van der Waals surface area (Å²) in [4.78, 5) is 4.65. The van der Waals surface area contributed by atoms with Crippen molar-refractivity contribution in [2.75, 3.05) is 53.3 Å². The summed E-state index contributed by atoms with van der Waals surface area (Å²) in [6.07, 6.45) is 0.625. The van der Waals surface area contributed by atoms with Gasteiger partial charge in [0.1, 0.15) is 5.75 Å². The fraction of sp³-hybridized carbons (Fsp3) is 0.667. The van der Waals surface area contributed by atoms with Gasteiger partial charge in [0, 0.05) is 50.4 Å². The topological polar surface area (TPSA) is 63.6 Å². The first kappa shape index (κ1) is 16.9. The molecular weight excluding hydrogens is 324 g/mol. The first-order valence-electron chi connectivity index (χ1n) is 8.93. The van der Waals surface area contributed by atoms with Crippen molar-refractivity contribution >= 4 is 0 Å². The highest BCUT2D eigenvalue weighted by atomic mass is 16.7. The lowest BCUT2D eigenvalue weighted by molar-refractivity contribution is -0.0534. The minimum atomic E-state index is -0.341. The average molecular weight is 350 g/mol. The van der Waals surface area contributed by atoms with Gasteiger partial charge in [-0.15, -0.1) is 0 Å². The summed E-state index contributed by atoms with van der Waals surface area (Å²) in [7, 11) is 1.67. The van der Waals surface area contributed by atoms with Crippen molar-refractivity contribution in [2.45, 2.75) is 25.1 Å². The number of nitrogens with zero attached hydrogens (tertiary/aromatic N) is 2. The maximum absolute atomic E-state index is 10.7. The fourth-order valence-electron chi connectivity index (χ4n) is 3.98. The van der Waals surface area contributed by atoms with Gasteiger partial charge in [-0.2, -0.15) is 0 Å². The monoisotopic (exact) mass is 350 g/mol. The molecule has 0 bridgehead atoms. The number of fused-ring (bicyclic) bond motifs is 1. The van der Waals surface area contributed by atoms with Crippen LogP contribution in [0.15, 0.2) is 12.1 Å². The predicted molar refractivity (Wildman–Crippen MR) is 91.2 cm³/mol. The zero-order chi connectivity index (χ0) is 17.2. The third-order valence-electron chi connectivity index (χ3n) is 5.31. The highest BCUT2D eigenvalue weighted by molar-refractivity contribution is 5.51. The van der Waals surface area contributed by atoms with Crippen molar-refractivity contribution in [3.8, 4) is 17.2 Å². The molecule has 2 atom stereocenters. The van der Waals surface area contributed by atoms with Crippen molar-refractivity contribution in [2.24, 2.45) is 0 Å². The van der Waals surface area contributed by atoms with Crippen molar-refractivity contribution < 1.29 is 24.1 Å². The molecule has 3 aliphatic rings. The van der Waals surface area contributed by atoms with E-state index < -0.39 is 0 Å². The van der Waals surface area contributed by atoms with E-state index in [4.69, 9.17) is 18.9 Å². The van der Waals surface area contributed by atoms with Gasteiger partial charge in [-0.05, 0) is 12.5 Å². The lowest BCUT2D eigenvalue weighted by Crippen LogP contribution is -2.56. The predicted octanol–water partition coefficient (Wildman–Crippen LogP) is 0.691. The summed E-state index contributed by atoms with van der Waals surface area (Å²) >= 11 is 0. The molecule has 7 nitrogen and oxygen atoms in total. The van der Waals surface area contributed by atoms with Crippen LogP contribution in [0.3, 0.4) is 0 Å². The Kier molecular flexibility index (Phi) is 4.98. The Morgan fingerprint density at radius 1 is 1.16 bits per heavy atom. The molecule has 7 heteroatoms. The standard InChI is InChI=1S/C18H26N2O5/c1-22-16-9-18-17(24-12-25-18)8-13(16)10-19-3-2-14(15(21)11-19)20-4-6-23-7-5-20/h8-9,14-15,21H,2-7,10-12H2,1H3/t14-,15-/m1/s1. The van der Waals surface area contributed by atoms with Gasteiger partial charge in [-0.3, -0.25) is 9.80 Å². The molecule has 25 heavy (non-hydrogen) atoms. The Bertz CT molecular complexity index is 605. The molecule has 4 rings (SSSR count). The van der Waals surface area contributed by atoms with Crippen LogP contribution in [0.4, 0.5) is 0 Å². The van der Waals surface area contributed by atoms with Crippen LogP contribution in [-0.2, 0) is 11.3 Å². The van der Waals surface area contributed by atoms with Gasteiger partial charge in [0.15, 0.2) is 11.5 Å². The second-order valence-electron chi connectivity index (χ2n) is 6.82. The molecule has 0 radical (unpaired) electrons. The maximum Gasteiger partial charge on any atom is 0.231 e. The van der Waals surface area contributed by atoms with Crippen LogP contribution in [-0.4, -0.2) is 80.3 Å². The van der Waals surface area contributed by atoms with Crippen LogP contribution in [0.2, 0.25) is 0 Å². The van der Waals surface area contributed by atoms with Crippen LogP contribution in [0, 0.1) is 0 Å². The molecule has 1 aromatic rings. The molecule has 1 aromatic carbocycles. The lowest BCUT2D eigenvalue weighted by Gasteiger charge is -2.43. The largest absolute Gasteiger partial charge is 0.496 e. The number of piperidine rings is 1. The quantitative estimate of drug-likeness (QED) is 0.857. The molecule has 0 unspecified atom stereocenters. The van der Waals surface area contributed by atoms with E-state index >= 15 is 0 Å². The van der Waals surface area contributed by atoms with Crippen LogP contribution in [0.5, 0.6) is 17.2 Å². The van der Waals surface area contributed by atoms with Crippen molar-refractivity contribution in [3.05, 3.63) is 17.7 Å². The number of aliphatic hydroxyl groups excluding tert-OH is 1. The molecule has 3 aliphatic heterocycles. The van der Waals surface area contributed by atoms with Gasteiger partial charge in [-0.1, -0.05) is 0 Å². The number of rotatable bonds is 4. The zero-order valence-electron chi connectivity index (χ0n) is 14.6. The number of aliphatic hydroxyl groups is 1. The van der Waals surface area contributed by atoms with E-state index in [1.807, 2.05) is 12.1 Å². The van der Waals surface area contributed by atoms with Gasteiger partial charge < -0.3 is 24.1 Å². The van der Waals surface area contributed by atoms with Gasteiger partial charge in [0.05, 0.1) is 26.4 Å². The van der Waals surface area contributed by atoms with E-state index in [1.165, 1.54) is 0 Å². The number of morpholine rings is 1. The highest BCUT2D eigenvalue weighted by Crippen LogP contribution is 2.38. The number of methoxy groups -OCH3 is 1. The second kappa shape index (κ2) is 7.37. The van der Waals surface area contributed by atoms with Gasteiger partial charge in [0.25, 0.3) is 0 Å². The van der Waals surface area contributed by atoms with E-state index in [-0.39, 0.29) is 18.9 Å². The van der Waals surface area contributed by atoms with Gasteiger partial charge in [-0.25, -0.2) is 0 Å². The number of ether oxygens (including phenoxy) is 4. The van der Waals surface area contributed by atoms with Gasteiger partial charge >= 0.3 is 0 Å². The third kappa shape index (κ3) is 3.55. The first-order valence-corrected chi connectivity index (χ1v) is 8.93. The van der Waals surface area contributed by atoms with Crippen LogP contribution >= 0.6 is 0 Å².